The summed E-state index contributed by atoms with van der Waals surface area (Å²) in [5.41, 5.74) is 0.0352. The quantitative estimate of drug-likeness (QED) is 0.816. The molecule has 94 valence electrons. The molecule has 0 aliphatic heterocycles. The number of hydrogen-bond acceptors (Lipinski definition) is 3. The van der Waals surface area contributed by atoms with Gasteiger partial charge in [0.25, 0.3) is 5.56 Å². The van der Waals surface area contributed by atoms with Crippen LogP contribution in [-0.4, -0.2) is 20.2 Å². The van der Waals surface area contributed by atoms with Crippen molar-refractivity contribution in [2.45, 2.75) is 13.5 Å². The minimum Gasteiger partial charge on any atom is -0.480 e. The van der Waals surface area contributed by atoms with Crippen LogP contribution in [0.15, 0.2) is 27.8 Å². The number of fused-ring (bicyclic) bond motifs is 1. The molecule has 1 N–H and O–H groups in total. The minimum absolute atomic E-state index is 0.376. The molecule has 2 aromatic rings. The Morgan fingerprint density at radius 1 is 1.33 bits per heavy atom. The Kier molecular flexibility index (Phi) is 2.78. The van der Waals surface area contributed by atoms with Crippen LogP contribution in [0.25, 0.3) is 10.9 Å². The number of benzene rings is 1. The molecule has 6 nitrogen and oxygen atoms in total. The van der Waals surface area contributed by atoms with Crippen LogP contribution in [-0.2, 0) is 18.4 Å². The van der Waals surface area contributed by atoms with Crippen LogP contribution in [0.2, 0.25) is 0 Å². The number of carboxylic acids is 1. The van der Waals surface area contributed by atoms with E-state index in [2.05, 4.69) is 0 Å². The Bertz CT molecular complexity index is 755. The highest BCUT2D eigenvalue weighted by molar-refractivity contribution is 5.81. The van der Waals surface area contributed by atoms with Gasteiger partial charge in [-0.05, 0) is 18.6 Å². The van der Waals surface area contributed by atoms with E-state index < -0.39 is 23.8 Å². The first-order valence-corrected chi connectivity index (χ1v) is 5.34. The first-order valence-electron chi connectivity index (χ1n) is 5.34. The smallest absolute Gasteiger partial charge is 0.331 e. The predicted octanol–water partition coefficient (Wildman–Crippen LogP) is 0.0932. The summed E-state index contributed by atoms with van der Waals surface area (Å²) in [5.74, 6) is -1.22. The van der Waals surface area contributed by atoms with E-state index in [0.717, 1.165) is 4.57 Å². The van der Waals surface area contributed by atoms with Crippen molar-refractivity contribution >= 4 is 16.9 Å². The van der Waals surface area contributed by atoms with Gasteiger partial charge in [0.05, 0.1) is 10.9 Å². The van der Waals surface area contributed by atoms with Crippen molar-refractivity contribution in [2.75, 3.05) is 0 Å². The van der Waals surface area contributed by atoms with Gasteiger partial charge in [0.15, 0.2) is 0 Å². The molecule has 0 unspecified atom stereocenters. The fourth-order valence-electron chi connectivity index (χ4n) is 1.99. The predicted molar refractivity (Wildman–Crippen MR) is 65.8 cm³/mol. The average Bonchev–Trinajstić information content (AvgIpc) is 2.31. The molecule has 0 aliphatic rings. The molecule has 1 heterocycles. The van der Waals surface area contributed by atoms with Gasteiger partial charge in [-0.3, -0.25) is 14.2 Å². The zero-order valence-corrected chi connectivity index (χ0v) is 10.0. The number of rotatable bonds is 2. The summed E-state index contributed by atoms with van der Waals surface area (Å²) < 4.78 is 2.02. The van der Waals surface area contributed by atoms with Gasteiger partial charge in [0.1, 0.15) is 6.54 Å². The Hall–Kier alpha value is -2.37. The van der Waals surface area contributed by atoms with Crippen LogP contribution in [0.4, 0.5) is 0 Å². The van der Waals surface area contributed by atoms with Crippen LogP contribution in [0.1, 0.15) is 5.56 Å². The third-order valence-corrected chi connectivity index (χ3v) is 2.88. The van der Waals surface area contributed by atoms with Crippen molar-refractivity contribution in [3.63, 3.8) is 0 Å². The third kappa shape index (κ3) is 1.71. The summed E-state index contributed by atoms with van der Waals surface area (Å²) in [4.78, 5) is 34.8. The Labute approximate surface area is 102 Å². The topological polar surface area (TPSA) is 81.3 Å². The summed E-state index contributed by atoms with van der Waals surface area (Å²) in [7, 11) is 1.52. The summed E-state index contributed by atoms with van der Waals surface area (Å²) in [6.45, 7) is 1.12. The van der Waals surface area contributed by atoms with E-state index in [4.69, 9.17) is 5.11 Å². The van der Waals surface area contributed by atoms with E-state index >= 15 is 0 Å². The van der Waals surface area contributed by atoms with E-state index in [1.165, 1.54) is 11.6 Å². The van der Waals surface area contributed by atoms with E-state index in [0.29, 0.717) is 16.5 Å². The van der Waals surface area contributed by atoms with Gasteiger partial charge in [-0.25, -0.2) is 9.36 Å². The van der Waals surface area contributed by atoms with Crippen molar-refractivity contribution in [3.8, 4) is 0 Å². The summed E-state index contributed by atoms with van der Waals surface area (Å²) >= 11 is 0. The van der Waals surface area contributed by atoms with Crippen molar-refractivity contribution in [3.05, 3.63) is 44.6 Å². The Balaban J connectivity index is 2.99. The van der Waals surface area contributed by atoms with Crippen LogP contribution in [0.3, 0.4) is 0 Å². The lowest BCUT2D eigenvalue weighted by atomic mass is 10.1. The van der Waals surface area contributed by atoms with Gasteiger partial charge in [0.2, 0.25) is 0 Å². The van der Waals surface area contributed by atoms with Gasteiger partial charge >= 0.3 is 11.7 Å². The van der Waals surface area contributed by atoms with Crippen LogP contribution >= 0.6 is 0 Å². The molecule has 18 heavy (non-hydrogen) atoms. The number of aromatic nitrogens is 2. The highest BCUT2D eigenvalue weighted by Crippen LogP contribution is 2.11. The highest BCUT2D eigenvalue weighted by Gasteiger charge is 2.14. The number of carboxylic acid groups (broad SMARTS) is 1. The second-order valence-corrected chi connectivity index (χ2v) is 4.10. The first kappa shape index (κ1) is 12.1. The number of carbonyl (C=O) groups is 1. The lowest BCUT2D eigenvalue weighted by Crippen LogP contribution is -2.41. The fraction of sp³-hybridized carbons (Fsp3) is 0.250. The molecule has 1 aromatic heterocycles. The van der Waals surface area contributed by atoms with E-state index in [-0.39, 0.29) is 0 Å². The van der Waals surface area contributed by atoms with E-state index in [1.54, 1.807) is 25.1 Å². The van der Waals surface area contributed by atoms with Crippen molar-refractivity contribution in [1.29, 1.82) is 0 Å². The fourth-order valence-corrected chi connectivity index (χ4v) is 1.99. The monoisotopic (exact) mass is 248 g/mol. The Morgan fingerprint density at radius 2 is 2.00 bits per heavy atom. The molecule has 0 radical (unpaired) electrons. The normalized spacial score (nSPS) is 10.8. The second kappa shape index (κ2) is 4.14. The molecule has 0 atom stereocenters. The van der Waals surface area contributed by atoms with Gasteiger partial charge < -0.3 is 5.11 Å². The van der Waals surface area contributed by atoms with Crippen molar-refractivity contribution in [1.82, 2.24) is 9.13 Å². The maximum atomic E-state index is 12.1. The van der Waals surface area contributed by atoms with Gasteiger partial charge in [-0.1, -0.05) is 12.1 Å². The van der Waals surface area contributed by atoms with Gasteiger partial charge in [-0.15, -0.1) is 0 Å². The maximum absolute atomic E-state index is 12.1. The first-order chi connectivity index (χ1) is 8.43. The van der Waals surface area contributed by atoms with E-state index in [1.807, 2.05) is 0 Å². The zero-order valence-electron chi connectivity index (χ0n) is 10.0. The lowest BCUT2D eigenvalue weighted by molar-refractivity contribution is -0.137. The minimum atomic E-state index is -1.22. The standard InChI is InChI=1S/C12H12N2O4/c1-7-4-3-5-8-10(7)11(17)14(6-9(15)16)12(18)13(8)2/h3-5H,6H2,1-2H3,(H,15,16). The van der Waals surface area contributed by atoms with Crippen molar-refractivity contribution in [2.24, 2.45) is 7.05 Å². The molecule has 1 aromatic carbocycles. The molecule has 6 heteroatoms. The maximum Gasteiger partial charge on any atom is 0.331 e. The number of aryl methyl sites for hydroxylation is 2. The number of nitrogens with zero attached hydrogens (tertiary/aromatic N) is 2. The molecule has 2 rings (SSSR count). The van der Waals surface area contributed by atoms with Crippen LogP contribution < -0.4 is 11.2 Å². The second-order valence-electron chi connectivity index (χ2n) is 4.10. The van der Waals surface area contributed by atoms with Crippen LogP contribution in [0.5, 0.6) is 0 Å². The summed E-state index contributed by atoms with van der Waals surface area (Å²) in [6.07, 6.45) is 0. The molecule has 0 spiro atoms. The highest BCUT2D eigenvalue weighted by atomic mass is 16.4. The Morgan fingerprint density at radius 3 is 2.61 bits per heavy atom. The van der Waals surface area contributed by atoms with E-state index in [9.17, 15) is 14.4 Å². The van der Waals surface area contributed by atoms with Crippen LogP contribution in [0, 0.1) is 6.92 Å². The molecular weight excluding hydrogens is 236 g/mol. The summed E-state index contributed by atoms with van der Waals surface area (Å²) in [6, 6.07) is 5.16. The SMILES string of the molecule is Cc1cccc2c1c(=O)n(CC(=O)O)c(=O)n2C. The van der Waals surface area contributed by atoms with Crippen molar-refractivity contribution < 1.29 is 9.90 Å². The molecule has 0 bridgehead atoms. The molecule has 0 amide bonds. The largest absolute Gasteiger partial charge is 0.480 e. The molecule has 0 saturated heterocycles. The van der Waals surface area contributed by atoms with Gasteiger partial charge in [0, 0.05) is 7.05 Å². The number of hydrogen-bond donors (Lipinski definition) is 1. The summed E-state index contributed by atoms with van der Waals surface area (Å²) in [5, 5.41) is 9.12. The third-order valence-electron chi connectivity index (χ3n) is 2.88. The molecule has 0 fully saturated rings. The average molecular weight is 248 g/mol. The number of aliphatic carboxylic acids is 1. The molecule has 0 saturated carbocycles. The molecular formula is C12H12N2O4. The zero-order chi connectivity index (χ0) is 13.4. The lowest BCUT2D eigenvalue weighted by Gasteiger charge is -2.10. The molecule has 0 aliphatic carbocycles. The van der Waals surface area contributed by atoms with Gasteiger partial charge in [-0.2, -0.15) is 0 Å².